The quantitative estimate of drug-likeness (QED) is 0.383. The minimum Gasteiger partial charge on any atom is -0.466 e. The topological polar surface area (TPSA) is 79.9 Å². The van der Waals surface area contributed by atoms with Gasteiger partial charge in [0.1, 0.15) is 11.7 Å². The number of fused-ring (bicyclic) bond motifs is 2. The van der Waals surface area contributed by atoms with Gasteiger partial charge < -0.3 is 25.0 Å². The summed E-state index contributed by atoms with van der Waals surface area (Å²) in [5, 5.41) is 6.63. The Balaban J connectivity index is 1.44. The van der Waals surface area contributed by atoms with E-state index in [1.807, 2.05) is 60.7 Å². The zero-order valence-electron chi connectivity index (χ0n) is 21.3. The molecular formula is C30H35N3O4. The number of methoxy groups -OCH3 is 1. The van der Waals surface area contributed by atoms with Gasteiger partial charge in [0, 0.05) is 18.8 Å². The lowest BCUT2D eigenvalue weighted by Gasteiger charge is -2.36. The van der Waals surface area contributed by atoms with E-state index in [4.69, 9.17) is 9.47 Å². The number of para-hydroxylation sites is 1. The number of carbonyl (C=O) groups is 2. The van der Waals surface area contributed by atoms with Gasteiger partial charge in [-0.05, 0) is 56.1 Å². The average molecular weight is 502 g/mol. The number of anilines is 1. The third-order valence-corrected chi connectivity index (χ3v) is 7.50. The number of rotatable bonds is 10. The molecule has 5 rings (SSSR count). The van der Waals surface area contributed by atoms with E-state index in [1.165, 1.54) is 26.4 Å². The fraction of sp³-hybridized carbons (Fsp3) is 0.400. The Labute approximate surface area is 218 Å². The molecule has 3 unspecified atom stereocenters. The number of likely N-dealkylation sites (tertiary alicyclic amines) is 1. The van der Waals surface area contributed by atoms with Crippen LogP contribution in [0.4, 0.5) is 5.69 Å². The summed E-state index contributed by atoms with van der Waals surface area (Å²) in [6, 6.07) is 19.6. The largest absolute Gasteiger partial charge is 0.466 e. The normalized spacial score (nSPS) is 23.6. The molecule has 2 aromatic carbocycles. The first-order valence-electron chi connectivity index (χ1n) is 13.2. The summed E-state index contributed by atoms with van der Waals surface area (Å²) in [7, 11) is 1.35. The van der Waals surface area contributed by atoms with Crippen LogP contribution in [-0.2, 0) is 25.5 Å². The number of hydrogen-bond acceptors (Lipinski definition) is 6. The summed E-state index contributed by atoms with van der Waals surface area (Å²) in [5.41, 5.74) is 1.49. The second-order valence-electron chi connectivity index (χ2n) is 9.88. The zero-order chi connectivity index (χ0) is 25.7. The first-order chi connectivity index (χ1) is 18.1. The van der Waals surface area contributed by atoms with E-state index in [0.29, 0.717) is 18.5 Å². The first kappa shape index (κ1) is 25.2. The molecule has 7 nitrogen and oxygen atoms in total. The van der Waals surface area contributed by atoms with Crippen molar-refractivity contribution in [1.82, 2.24) is 10.2 Å². The van der Waals surface area contributed by atoms with Gasteiger partial charge in [0.15, 0.2) is 0 Å². The van der Waals surface area contributed by atoms with E-state index < -0.39 is 17.7 Å². The van der Waals surface area contributed by atoms with Gasteiger partial charge >= 0.3 is 5.97 Å². The number of amides is 1. The van der Waals surface area contributed by atoms with Crippen LogP contribution in [-0.4, -0.2) is 67.8 Å². The molecule has 3 aliphatic heterocycles. The average Bonchev–Trinajstić information content (AvgIpc) is 3.52. The van der Waals surface area contributed by atoms with Crippen molar-refractivity contribution in [3.63, 3.8) is 0 Å². The molecule has 7 heteroatoms. The number of nitrogens with one attached hydrogen (secondary N) is 2. The number of carbonyl (C=O) groups excluding carboxylic acids is 2. The van der Waals surface area contributed by atoms with Crippen molar-refractivity contribution in [2.45, 2.75) is 43.4 Å². The van der Waals surface area contributed by atoms with Crippen LogP contribution >= 0.6 is 0 Å². The third kappa shape index (κ3) is 5.33. The lowest BCUT2D eigenvalue weighted by Crippen LogP contribution is -2.49. The van der Waals surface area contributed by atoms with Crippen LogP contribution in [0, 0.1) is 0 Å². The van der Waals surface area contributed by atoms with Crippen LogP contribution < -0.4 is 10.6 Å². The highest BCUT2D eigenvalue weighted by Crippen LogP contribution is 2.47. The van der Waals surface area contributed by atoms with Gasteiger partial charge in [-0.3, -0.25) is 4.79 Å². The molecule has 3 aliphatic rings. The number of esters is 1. The summed E-state index contributed by atoms with van der Waals surface area (Å²) in [4.78, 5) is 29.1. The lowest BCUT2D eigenvalue weighted by atomic mass is 9.79. The molecular weight excluding hydrogens is 466 g/mol. The molecule has 37 heavy (non-hydrogen) atoms. The van der Waals surface area contributed by atoms with Gasteiger partial charge in [-0.25, -0.2) is 4.79 Å². The maximum absolute atomic E-state index is 13.5. The summed E-state index contributed by atoms with van der Waals surface area (Å²) >= 11 is 0. The molecule has 2 bridgehead atoms. The van der Waals surface area contributed by atoms with Crippen LogP contribution in [0.25, 0.3) is 0 Å². The van der Waals surface area contributed by atoms with Crippen LogP contribution in [0.1, 0.15) is 24.8 Å². The number of hydrogen-bond donors (Lipinski definition) is 2. The SMILES string of the molecule is COC(=O)C1=C(C(=O)NCCN2CCCCC2)C2C=CC1(C(Cc1ccccc1)Nc1ccccc1)O2. The highest BCUT2D eigenvalue weighted by Gasteiger charge is 2.58. The van der Waals surface area contributed by atoms with E-state index in [-0.39, 0.29) is 17.5 Å². The van der Waals surface area contributed by atoms with Crippen molar-refractivity contribution >= 4 is 17.6 Å². The highest BCUT2D eigenvalue weighted by atomic mass is 16.5. The molecule has 194 valence electrons. The minimum absolute atomic E-state index is 0.271. The minimum atomic E-state index is -1.14. The number of benzene rings is 2. The van der Waals surface area contributed by atoms with Gasteiger partial charge in [-0.15, -0.1) is 0 Å². The number of ether oxygens (including phenoxy) is 2. The number of piperidine rings is 1. The molecule has 3 atom stereocenters. The summed E-state index contributed by atoms with van der Waals surface area (Å²) in [5.74, 6) is -0.812. The fourth-order valence-corrected chi connectivity index (χ4v) is 5.66. The van der Waals surface area contributed by atoms with E-state index in [2.05, 4.69) is 27.7 Å². The van der Waals surface area contributed by atoms with Gasteiger partial charge in [-0.2, -0.15) is 0 Å². The van der Waals surface area contributed by atoms with Crippen molar-refractivity contribution in [1.29, 1.82) is 0 Å². The summed E-state index contributed by atoms with van der Waals surface area (Å²) in [6.45, 7) is 3.45. The monoisotopic (exact) mass is 501 g/mol. The Morgan fingerprint density at radius 3 is 2.46 bits per heavy atom. The predicted molar refractivity (Wildman–Crippen MR) is 143 cm³/mol. The van der Waals surface area contributed by atoms with Gasteiger partial charge in [0.05, 0.1) is 24.3 Å². The Kier molecular flexibility index (Phi) is 7.72. The molecule has 1 fully saturated rings. The Morgan fingerprint density at radius 1 is 1.05 bits per heavy atom. The van der Waals surface area contributed by atoms with Gasteiger partial charge in [0.25, 0.3) is 5.91 Å². The maximum Gasteiger partial charge on any atom is 0.337 e. The van der Waals surface area contributed by atoms with Crippen LogP contribution in [0.3, 0.4) is 0 Å². The molecule has 1 saturated heterocycles. The van der Waals surface area contributed by atoms with Crippen LogP contribution in [0.15, 0.2) is 84.0 Å². The first-order valence-corrected chi connectivity index (χ1v) is 13.2. The summed E-state index contributed by atoms with van der Waals surface area (Å²) in [6.07, 6.45) is 7.45. The fourth-order valence-electron chi connectivity index (χ4n) is 5.66. The summed E-state index contributed by atoms with van der Waals surface area (Å²) < 4.78 is 11.7. The molecule has 0 aromatic heterocycles. The second-order valence-corrected chi connectivity index (χ2v) is 9.88. The smallest absolute Gasteiger partial charge is 0.337 e. The molecule has 0 saturated carbocycles. The van der Waals surface area contributed by atoms with Crippen molar-refractivity contribution in [2.75, 3.05) is 38.6 Å². The van der Waals surface area contributed by atoms with Crippen LogP contribution in [0.5, 0.6) is 0 Å². The standard InChI is InChI=1S/C30H35N3O4/c1-36-29(35)27-26(28(34)31-17-20-33-18-9-4-10-19-33)24-15-16-30(27,37-24)25(21-22-11-5-2-6-12-22)32-23-13-7-3-8-14-23/h2-3,5-8,11-16,24-25,32H,4,9-10,17-21H2,1H3,(H,31,34). The molecule has 2 N–H and O–H groups in total. The van der Waals surface area contributed by atoms with Gasteiger partial charge in [0.2, 0.25) is 0 Å². The maximum atomic E-state index is 13.5. The Hall–Kier alpha value is -3.42. The molecule has 0 radical (unpaired) electrons. The predicted octanol–water partition coefficient (Wildman–Crippen LogP) is 3.49. The van der Waals surface area contributed by atoms with Crippen molar-refractivity contribution < 1.29 is 19.1 Å². The molecule has 0 spiro atoms. The van der Waals surface area contributed by atoms with E-state index in [0.717, 1.165) is 30.9 Å². The molecule has 2 aromatic rings. The zero-order valence-corrected chi connectivity index (χ0v) is 21.3. The molecule has 3 heterocycles. The molecule has 1 amide bonds. The molecule has 0 aliphatic carbocycles. The number of nitrogens with zero attached hydrogens (tertiary/aromatic N) is 1. The van der Waals surface area contributed by atoms with E-state index in [9.17, 15) is 9.59 Å². The van der Waals surface area contributed by atoms with Crippen molar-refractivity contribution in [3.8, 4) is 0 Å². The Bertz CT molecular complexity index is 1120. The van der Waals surface area contributed by atoms with Crippen molar-refractivity contribution in [2.24, 2.45) is 0 Å². The lowest BCUT2D eigenvalue weighted by molar-refractivity contribution is -0.138. The van der Waals surface area contributed by atoms with Crippen molar-refractivity contribution in [3.05, 3.63) is 89.5 Å². The Morgan fingerprint density at radius 2 is 1.76 bits per heavy atom. The third-order valence-electron chi connectivity index (χ3n) is 7.50. The van der Waals surface area contributed by atoms with E-state index >= 15 is 0 Å². The van der Waals surface area contributed by atoms with Crippen LogP contribution in [0.2, 0.25) is 0 Å². The second kappa shape index (κ2) is 11.3. The highest BCUT2D eigenvalue weighted by molar-refractivity contribution is 6.07. The van der Waals surface area contributed by atoms with Gasteiger partial charge in [-0.1, -0.05) is 61.0 Å². The van der Waals surface area contributed by atoms with E-state index in [1.54, 1.807) is 0 Å².